The summed E-state index contributed by atoms with van der Waals surface area (Å²) >= 11 is -0.261. The van der Waals surface area contributed by atoms with Gasteiger partial charge in [0.2, 0.25) is 0 Å². The highest BCUT2D eigenvalue weighted by Crippen LogP contribution is 2.39. The molecule has 0 spiro atoms. The molecule has 0 atom stereocenters. The quantitative estimate of drug-likeness (QED) is 0.305. The first kappa shape index (κ1) is 23.6. The molecule has 0 aliphatic carbocycles. The van der Waals surface area contributed by atoms with E-state index >= 15 is 0 Å². The number of benzene rings is 2. The summed E-state index contributed by atoms with van der Waals surface area (Å²) in [6, 6.07) is 15.3. The predicted octanol–water partition coefficient (Wildman–Crippen LogP) is 6.23. The largest absolute Gasteiger partial charge is 0.455 e. The van der Waals surface area contributed by atoms with Gasteiger partial charge in [-0.3, -0.25) is 9.78 Å². The number of halogens is 3. The molecule has 2 aromatic carbocycles. The number of ether oxygens (including phenoxy) is 1. The summed E-state index contributed by atoms with van der Waals surface area (Å²) in [7, 11) is 0. The van der Waals surface area contributed by atoms with Crippen LogP contribution in [-0.4, -0.2) is 32.9 Å². The average Bonchev–Trinajstić information content (AvgIpc) is 2.95. The minimum absolute atomic E-state index is 0.0362. The van der Waals surface area contributed by atoms with Gasteiger partial charge in [-0.2, -0.15) is 13.2 Å². The number of amides is 3. The Bertz CT molecular complexity index is 1200. The van der Waals surface area contributed by atoms with Gasteiger partial charge in [-0.1, -0.05) is 18.2 Å². The zero-order valence-corrected chi connectivity index (χ0v) is 19.1. The Hall–Kier alpha value is -3.53. The third-order valence-electron chi connectivity index (χ3n) is 5.32. The molecule has 0 bridgehead atoms. The Morgan fingerprint density at radius 1 is 1.00 bits per heavy atom. The van der Waals surface area contributed by atoms with Crippen LogP contribution < -0.4 is 9.64 Å². The van der Waals surface area contributed by atoms with E-state index in [0.717, 1.165) is 4.90 Å². The molecule has 1 aromatic heterocycles. The predicted molar refractivity (Wildman–Crippen MR) is 122 cm³/mol. The third-order valence-corrected chi connectivity index (χ3v) is 6.06. The van der Waals surface area contributed by atoms with Crippen molar-refractivity contribution >= 4 is 29.4 Å². The molecule has 176 valence electrons. The van der Waals surface area contributed by atoms with Crippen molar-refractivity contribution in [3.63, 3.8) is 0 Å². The van der Waals surface area contributed by atoms with Gasteiger partial charge in [-0.15, -0.1) is 0 Å². The number of nitrogens with zero attached hydrogens (tertiary/aromatic N) is 3. The van der Waals surface area contributed by atoms with E-state index in [4.69, 9.17) is 4.74 Å². The average molecular weight is 488 g/mol. The van der Waals surface area contributed by atoms with Crippen molar-refractivity contribution in [2.75, 3.05) is 4.90 Å². The number of imide groups is 1. The number of pyridine rings is 1. The molecule has 3 amide bonds. The van der Waals surface area contributed by atoms with Gasteiger partial charge in [-0.25, -0.2) is 9.69 Å². The molecule has 0 saturated carbocycles. The van der Waals surface area contributed by atoms with Crippen LogP contribution >= 0.6 is 11.8 Å². The molecular weight excluding hydrogens is 467 g/mol. The molecule has 6 nitrogen and oxygen atoms in total. The zero-order valence-electron chi connectivity index (χ0n) is 18.2. The molecule has 1 saturated heterocycles. The highest BCUT2D eigenvalue weighted by Gasteiger charge is 2.52. The van der Waals surface area contributed by atoms with Crippen LogP contribution in [0.5, 0.6) is 11.5 Å². The second-order valence-corrected chi connectivity index (χ2v) is 9.15. The molecule has 4 rings (SSSR count). The summed E-state index contributed by atoms with van der Waals surface area (Å²) < 4.78 is 43.8. The lowest BCUT2D eigenvalue weighted by Crippen LogP contribution is -2.43. The standard InChI is InChI=1S/C24H20F3N3O3S/c1-23(2)21(31)30(17-8-10-19(11-9-17)34-24(25,26)27)22(32)29(23)15-16-12-13-28-14-20(16)33-18-6-4-3-5-7-18/h3-14H,15H2,1-2H3. The van der Waals surface area contributed by atoms with Crippen molar-refractivity contribution in [2.45, 2.75) is 36.3 Å². The number of hydrogen-bond acceptors (Lipinski definition) is 5. The fraction of sp³-hybridized carbons (Fsp3) is 0.208. The van der Waals surface area contributed by atoms with Gasteiger partial charge in [0.25, 0.3) is 5.91 Å². The van der Waals surface area contributed by atoms with Gasteiger partial charge in [0.15, 0.2) is 5.75 Å². The van der Waals surface area contributed by atoms with Crippen molar-refractivity contribution in [3.05, 3.63) is 78.6 Å². The molecule has 1 fully saturated rings. The summed E-state index contributed by atoms with van der Waals surface area (Å²) in [5.74, 6) is 0.559. The zero-order chi connectivity index (χ0) is 24.5. The normalized spacial score (nSPS) is 15.7. The van der Waals surface area contributed by atoms with Crippen molar-refractivity contribution in [1.82, 2.24) is 9.88 Å². The second-order valence-electron chi connectivity index (χ2n) is 8.01. The third kappa shape index (κ3) is 4.86. The van der Waals surface area contributed by atoms with Crippen molar-refractivity contribution < 1.29 is 27.5 Å². The molecule has 0 N–H and O–H groups in total. The van der Waals surface area contributed by atoms with Crippen molar-refractivity contribution in [1.29, 1.82) is 0 Å². The molecule has 10 heteroatoms. The van der Waals surface area contributed by atoms with Crippen LogP contribution in [0.3, 0.4) is 0 Å². The van der Waals surface area contributed by atoms with E-state index in [1.165, 1.54) is 35.4 Å². The van der Waals surface area contributed by atoms with E-state index in [-0.39, 0.29) is 28.9 Å². The summed E-state index contributed by atoms with van der Waals surface area (Å²) in [5.41, 5.74) is -4.77. The minimum atomic E-state index is -4.43. The van der Waals surface area contributed by atoms with Gasteiger partial charge in [0, 0.05) is 16.7 Å². The van der Waals surface area contributed by atoms with Crippen LogP contribution in [0, 0.1) is 0 Å². The van der Waals surface area contributed by atoms with Crippen LogP contribution in [-0.2, 0) is 11.3 Å². The number of urea groups is 1. The Morgan fingerprint density at radius 3 is 2.32 bits per heavy atom. The topological polar surface area (TPSA) is 62.7 Å². The lowest BCUT2D eigenvalue weighted by molar-refractivity contribution is -0.123. The smallest absolute Gasteiger partial charge is 0.446 e. The SMILES string of the molecule is CC1(C)C(=O)N(c2ccc(SC(F)(F)F)cc2)C(=O)N1Cc1ccncc1Oc1ccccc1. The van der Waals surface area contributed by atoms with Crippen LogP contribution in [0.2, 0.25) is 0 Å². The number of carbonyl (C=O) groups excluding carboxylic acids is 2. The van der Waals surface area contributed by atoms with Crippen LogP contribution in [0.25, 0.3) is 0 Å². The number of alkyl halides is 3. The Balaban J connectivity index is 1.59. The highest BCUT2D eigenvalue weighted by atomic mass is 32.2. The Labute approximate surface area is 198 Å². The summed E-state index contributed by atoms with van der Waals surface area (Å²) in [5, 5.41) is 0. The fourth-order valence-corrected chi connectivity index (χ4v) is 4.08. The first-order valence-electron chi connectivity index (χ1n) is 10.2. The molecule has 0 radical (unpaired) electrons. The van der Waals surface area contributed by atoms with Crippen LogP contribution in [0.1, 0.15) is 19.4 Å². The molecule has 1 aliphatic heterocycles. The molecule has 0 unspecified atom stereocenters. The maximum absolute atomic E-state index is 13.3. The molecule has 1 aliphatic rings. The van der Waals surface area contributed by atoms with Gasteiger partial charge in [0.05, 0.1) is 18.4 Å². The number of rotatable bonds is 6. The van der Waals surface area contributed by atoms with E-state index in [9.17, 15) is 22.8 Å². The van der Waals surface area contributed by atoms with Gasteiger partial charge >= 0.3 is 11.5 Å². The fourth-order valence-electron chi connectivity index (χ4n) is 3.54. The van der Waals surface area contributed by atoms with Crippen molar-refractivity contribution in [2.24, 2.45) is 0 Å². The van der Waals surface area contributed by atoms with Gasteiger partial charge in [-0.05, 0) is 68.1 Å². The van der Waals surface area contributed by atoms with E-state index in [1.807, 2.05) is 18.2 Å². The lowest BCUT2D eigenvalue weighted by atomic mass is 10.0. The number of aromatic nitrogens is 1. The van der Waals surface area contributed by atoms with E-state index < -0.39 is 23.0 Å². The Morgan fingerprint density at radius 2 is 1.68 bits per heavy atom. The minimum Gasteiger partial charge on any atom is -0.455 e. The van der Waals surface area contributed by atoms with E-state index in [1.54, 1.807) is 38.2 Å². The van der Waals surface area contributed by atoms with Gasteiger partial charge < -0.3 is 9.64 Å². The lowest BCUT2D eigenvalue weighted by Gasteiger charge is -2.28. The first-order chi connectivity index (χ1) is 16.1. The number of anilines is 1. The number of hydrogen-bond donors (Lipinski definition) is 0. The first-order valence-corrected chi connectivity index (χ1v) is 11.1. The maximum atomic E-state index is 13.3. The summed E-state index contributed by atoms with van der Waals surface area (Å²) in [4.78, 5) is 32.9. The molecule has 3 aromatic rings. The van der Waals surface area contributed by atoms with Crippen LogP contribution in [0.4, 0.5) is 23.7 Å². The van der Waals surface area contributed by atoms with Crippen LogP contribution in [0.15, 0.2) is 78.0 Å². The summed E-state index contributed by atoms with van der Waals surface area (Å²) in [6.45, 7) is 3.32. The van der Waals surface area contributed by atoms with E-state index in [0.29, 0.717) is 17.1 Å². The number of para-hydroxylation sites is 1. The molecular formula is C24H20F3N3O3S. The monoisotopic (exact) mass is 487 g/mol. The molecule has 34 heavy (non-hydrogen) atoms. The highest BCUT2D eigenvalue weighted by molar-refractivity contribution is 8.00. The maximum Gasteiger partial charge on any atom is 0.446 e. The van der Waals surface area contributed by atoms with Crippen molar-refractivity contribution in [3.8, 4) is 11.5 Å². The van der Waals surface area contributed by atoms with E-state index in [2.05, 4.69) is 4.98 Å². The number of thioether (sulfide) groups is 1. The van der Waals surface area contributed by atoms with Gasteiger partial charge in [0.1, 0.15) is 11.3 Å². The number of carbonyl (C=O) groups is 2. The second kappa shape index (κ2) is 9.02. The molecule has 2 heterocycles. The summed E-state index contributed by atoms with van der Waals surface area (Å²) in [6.07, 6.45) is 3.10. The Kier molecular flexibility index (Phi) is 6.26.